The molecule has 20 heavy (non-hydrogen) atoms. The van der Waals surface area contributed by atoms with Crippen molar-refractivity contribution >= 4 is 39.7 Å². The third kappa shape index (κ3) is 4.40. The Bertz CT molecular complexity index is 614. The number of benzene rings is 1. The van der Waals surface area contributed by atoms with Gasteiger partial charge in [0.1, 0.15) is 5.75 Å². The summed E-state index contributed by atoms with van der Waals surface area (Å²) in [4.78, 5) is 14.5. The van der Waals surface area contributed by atoms with Crippen molar-refractivity contribution < 1.29 is 9.53 Å². The molecule has 1 heterocycles. The van der Waals surface area contributed by atoms with Crippen LogP contribution in [0, 0.1) is 0 Å². The van der Waals surface area contributed by atoms with Crippen molar-refractivity contribution in [2.24, 2.45) is 5.10 Å². The Hall–Kier alpha value is -1.79. The molecule has 0 spiro atoms. The number of H-pyrrole nitrogens is 1. The van der Waals surface area contributed by atoms with Crippen LogP contribution in [0.15, 0.2) is 46.1 Å². The van der Waals surface area contributed by atoms with E-state index in [2.05, 4.69) is 31.4 Å². The lowest BCUT2D eigenvalue weighted by atomic mass is 10.3. The monoisotopic (exact) mass is 355 g/mol. The first-order chi connectivity index (χ1) is 9.65. The van der Waals surface area contributed by atoms with Gasteiger partial charge in [0.2, 0.25) is 0 Å². The molecule has 7 heteroatoms. The second-order valence-electron chi connectivity index (χ2n) is 3.78. The van der Waals surface area contributed by atoms with Crippen LogP contribution in [0.3, 0.4) is 0 Å². The number of carbonyl (C=O) groups excluding carboxylic acids is 1. The number of hydrogen-bond acceptors (Lipinski definition) is 3. The average Bonchev–Trinajstić information content (AvgIpc) is 2.91. The SMILES string of the molecule is O=C(COc1ccc(Cl)cc1Br)N/N=C/c1ccc[nH]1. The molecule has 0 aliphatic rings. The Kier molecular flexibility index (Phi) is 5.20. The number of carbonyl (C=O) groups is 1. The first-order valence-electron chi connectivity index (χ1n) is 5.68. The van der Waals surface area contributed by atoms with E-state index in [0.29, 0.717) is 15.2 Å². The van der Waals surface area contributed by atoms with Crippen LogP contribution < -0.4 is 10.2 Å². The standard InChI is InChI=1S/C13H11BrClN3O2/c14-11-6-9(15)3-4-12(11)20-8-13(19)18-17-7-10-2-1-5-16-10/h1-7,16H,8H2,(H,18,19)/b17-7+. The fourth-order valence-electron chi connectivity index (χ4n) is 1.37. The normalized spacial score (nSPS) is 10.7. The van der Waals surface area contributed by atoms with Crippen molar-refractivity contribution in [2.75, 3.05) is 6.61 Å². The molecular formula is C13H11BrClN3O2. The molecule has 2 aromatic rings. The van der Waals surface area contributed by atoms with Gasteiger partial charge < -0.3 is 9.72 Å². The van der Waals surface area contributed by atoms with Crippen LogP contribution in [0.2, 0.25) is 5.02 Å². The molecule has 0 atom stereocenters. The van der Waals surface area contributed by atoms with Crippen molar-refractivity contribution in [3.63, 3.8) is 0 Å². The van der Waals surface area contributed by atoms with Crippen LogP contribution >= 0.6 is 27.5 Å². The van der Waals surface area contributed by atoms with Gasteiger partial charge in [0.15, 0.2) is 6.61 Å². The van der Waals surface area contributed by atoms with Gasteiger partial charge in [-0.05, 0) is 46.3 Å². The number of halogens is 2. The predicted molar refractivity (Wildman–Crippen MR) is 81.2 cm³/mol. The van der Waals surface area contributed by atoms with Gasteiger partial charge in [-0.15, -0.1) is 0 Å². The number of aromatic amines is 1. The molecule has 1 amide bonds. The summed E-state index contributed by atoms with van der Waals surface area (Å²) in [6.07, 6.45) is 3.28. The third-order valence-corrected chi connectivity index (χ3v) is 3.12. The molecule has 1 aromatic carbocycles. The molecule has 0 radical (unpaired) electrons. The van der Waals surface area contributed by atoms with Crippen LogP contribution in [-0.2, 0) is 4.79 Å². The summed E-state index contributed by atoms with van der Waals surface area (Å²) in [5.74, 6) is 0.188. The molecule has 0 aliphatic carbocycles. The molecule has 0 saturated carbocycles. The number of nitrogens with zero attached hydrogens (tertiary/aromatic N) is 1. The number of rotatable bonds is 5. The molecule has 0 bridgehead atoms. The molecule has 1 aromatic heterocycles. The summed E-state index contributed by atoms with van der Waals surface area (Å²) in [6, 6.07) is 8.73. The van der Waals surface area contributed by atoms with Crippen LogP contribution in [-0.4, -0.2) is 23.7 Å². The summed E-state index contributed by atoms with van der Waals surface area (Å²) in [7, 11) is 0. The van der Waals surface area contributed by atoms with E-state index in [0.717, 1.165) is 5.69 Å². The van der Waals surface area contributed by atoms with Crippen LogP contribution in [0.25, 0.3) is 0 Å². The smallest absolute Gasteiger partial charge is 0.277 e. The summed E-state index contributed by atoms with van der Waals surface area (Å²) in [5.41, 5.74) is 3.16. The Balaban J connectivity index is 1.80. The number of hydrazone groups is 1. The second kappa shape index (κ2) is 7.12. The first-order valence-corrected chi connectivity index (χ1v) is 6.85. The van der Waals surface area contributed by atoms with Crippen molar-refractivity contribution in [1.29, 1.82) is 0 Å². The zero-order valence-corrected chi connectivity index (χ0v) is 12.6. The Labute approximate surface area is 129 Å². The summed E-state index contributed by atoms with van der Waals surface area (Å²) < 4.78 is 6.03. The number of aromatic nitrogens is 1. The van der Waals surface area contributed by atoms with Crippen molar-refractivity contribution in [1.82, 2.24) is 10.4 Å². The highest BCUT2D eigenvalue weighted by atomic mass is 79.9. The van der Waals surface area contributed by atoms with Crippen molar-refractivity contribution in [2.45, 2.75) is 0 Å². The topological polar surface area (TPSA) is 66.5 Å². The molecular weight excluding hydrogens is 346 g/mol. The van der Waals surface area contributed by atoms with E-state index in [1.807, 2.05) is 12.1 Å². The van der Waals surface area contributed by atoms with Crippen molar-refractivity contribution in [3.8, 4) is 5.75 Å². The van der Waals surface area contributed by atoms with Crippen LogP contribution in [0.4, 0.5) is 0 Å². The minimum Gasteiger partial charge on any atom is -0.483 e. The summed E-state index contributed by atoms with van der Waals surface area (Å²) >= 11 is 9.11. The molecule has 0 unspecified atom stereocenters. The van der Waals surface area contributed by atoms with Crippen LogP contribution in [0.1, 0.15) is 5.69 Å². The van der Waals surface area contributed by atoms with E-state index in [1.165, 1.54) is 6.21 Å². The molecule has 2 N–H and O–H groups in total. The number of nitrogens with one attached hydrogen (secondary N) is 2. The van der Waals surface area contributed by atoms with Crippen molar-refractivity contribution in [3.05, 3.63) is 51.7 Å². The quantitative estimate of drug-likeness (QED) is 0.639. The van der Waals surface area contributed by atoms with Gasteiger partial charge in [-0.2, -0.15) is 5.10 Å². The zero-order valence-electron chi connectivity index (χ0n) is 10.3. The maximum Gasteiger partial charge on any atom is 0.277 e. The minimum absolute atomic E-state index is 0.137. The van der Waals surface area contributed by atoms with E-state index in [4.69, 9.17) is 16.3 Å². The van der Waals surface area contributed by atoms with Gasteiger partial charge in [0, 0.05) is 11.2 Å². The highest BCUT2D eigenvalue weighted by Crippen LogP contribution is 2.27. The van der Waals surface area contributed by atoms with E-state index >= 15 is 0 Å². The molecule has 0 fully saturated rings. The predicted octanol–water partition coefficient (Wildman–Crippen LogP) is 2.96. The summed E-state index contributed by atoms with van der Waals surface area (Å²) in [6.45, 7) is -0.137. The number of hydrogen-bond donors (Lipinski definition) is 2. The second-order valence-corrected chi connectivity index (χ2v) is 5.07. The van der Waals surface area contributed by atoms with Gasteiger partial charge in [-0.3, -0.25) is 4.79 Å². The van der Waals surface area contributed by atoms with Crippen LogP contribution in [0.5, 0.6) is 5.75 Å². The molecule has 0 saturated heterocycles. The molecule has 2 rings (SSSR count). The van der Waals surface area contributed by atoms with Gasteiger partial charge in [-0.25, -0.2) is 5.43 Å². The van der Waals surface area contributed by atoms with E-state index in [-0.39, 0.29) is 12.5 Å². The molecule has 0 aliphatic heterocycles. The van der Waals surface area contributed by atoms with Gasteiger partial charge in [0.25, 0.3) is 5.91 Å². The molecule has 5 nitrogen and oxygen atoms in total. The Morgan fingerprint density at radius 2 is 2.35 bits per heavy atom. The first kappa shape index (κ1) is 14.6. The highest BCUT2D eigenvalue weighted by Gasteiger charge is 2.05. The fourth-order valence-corrected chi connectivity index (χ4v) is 2.16. The van der Waals surface area contributed by atoms with Gasteiger partial charge in [0.05, 0.1) is 16.4 Å². The maximum absolute atomic E-state index is 11.5. The fraction of sp³-hybridized carbons (Fsp3) is 0.0769. The zero-order chi connectivity index (χ0) is 14.4. The maximum atomic E-state index is 11.5. The number of ether oxygens (including phenoxy) is 1. The largest absolute Gasteiger partial charge is 0.483 e. The third-order valence-electron chi connectivity index (χ3n) is 2.27. The van der Waals surface area contributed by atoms with Gasteiger partial charge in [-0.1, -0.05) is 11.6 Å². The van der Waals surface area contributed by atoms with E-state index < -0.39 is 0 Å². The summed E-state index contributed by atoms with van der Waals surface area (Å²) in [5, 5.41) is 4.38. The Morgan fingerprint density at radius 3 is 3.05 bits per heavy atom. The Morgan fingerprint density at radius 1 is 1.50 bits per heavy atom. The average molecular weight is 357 g/mol. The van der Waals surface area contributed by atoms with E-state index in [9.17, 15) is 4.79 Å². The highest BCUT2D eigenvalue weighted by molar-refractivity contribution is 9.10. The lowest BCUT2D eigenvalue weighted by molar-refractivity contribution is -0.123. The lowest BCUT2D eigenvalue weighted by Crippen LogP contribution is -2.24. The minimum atomic E-state index is -0.352. The number of amides is 1. The lowest BCUT2D eigenvalue weighted by Gasteiger charge is -2.07. The molecule has 104 valence electrons. The van der Waals surface area contributed by atoms with Gasteiger partial charge >= 0.3 is 0 Å². The van der Waals surface area contributed by atoms with E-state index in [1.54, 1.807) is 24.4 Å².